The molecule has 4 saturated carbocycles. The van der Waals surface area contributed by atoms with Gasteiger partial charge in [-0.25, -0.2) is 26.8 Å². The van der Waals surface area contributed by atoms with Crippen molar-refractivity contribution in [2.24, 2.45) is 23.7 Å². The predicted molar refractivity (Wildman–Crippen MR) is 447 cm³/mol. The number of phenolic OH excluding ortho intramolecular Hbond substituents is 1. The number of fused-ring (bicyclic) bond motifs is 10. The maximum Gasteiger partial charge on any atom is 0.307 e. The monoisotopic (exact) mass is 1690 g/mol. The van der Waals surface area contributed by atoms with E-state index in [1.54, 1.807) is 73.6 Å². The van der Waals surface area contributed by atoms with E-state index in [1.165, 1.54) is 9.80 Å². The van der Waals surface area contributed by atoms with Gasteiger partial charge in [0.1, 0.15) is 75.2 Å². The van der Waals surface area contributed by atoms with Crippen molar-refractivity contribution in [3.63, 3.8) is 0 Å². The number of hydrogen-bond acceptors (Lipinski definition) is 21. The van der Waals surface area contributed by atoms with Gasteiger partial charge in [0.15, 0.2) is 8.32 Å². The first-order valence-corrected chi connectivity index (χ1v) is 48.4. The molecule has 4 aliphatic carbocycles. The van der Waals surface area contributed by atoms with Crippen LogP contribution in [-0.2, 0) is 85.1 Å². The summed E-state index contributed by atoms with van der Waals surface area (Å²) in [7, 11) is -9.92. The van der Waals surface area contributed by atoms with Crippen LogP contribution in [0.2, 0.25) is 18.1 Å². The first-order valence-electron chi connectivity index (χ1n) is 42.5. The summed E-state index contributed by atoms with van der Waals surface area (Å²) in [6, 6.07) is 8.69. The third kappa shape index (κ3) is 18.6. The van der Waals surface area contributed by atoms with E-state index in [-0.39, 0.29) is 74.2 Å². The third-order valence-corrected chi connectivity index (χ3v) is 35.3. The van der Waals surface area contributed by atoms with E-state index in [4.69, 9.17) is 38.1 Å². The maximum atomic E-state index is 15.0. The van der Waals surface area contributed by atoms with Gasteiger partial charge in [-0.2, -0.15) is 0 Å². The number of rotatable bonds is 15. The standard InChI is InChI=1S/C48H70N4O10SSi.C40H52N4O9S/c1-31-40-35(36-27-34(18-19-37(36)49-31)59-24-25-60-64(9,10)45(5,6)7)20-21-47(62-40)29-38-41(54)50-48(43(56)51-63(57,58)46(8)22-23-46)28-33(48)17-15-13-11-12-14-16-32(42(55)52(38)30-47)26-39(53)61-44(2,3)4;1-24-33-28(29-20-27(45)13-14-30(29)41-24)15-16-39(53-33)22-31-34(47)42-40(36(49)43-54(50,51)38(5)17-18-38)21-26(40)12-10-8-6-7-9-11-25(35(48)44(31)23-39)19-32(46)52-37(2,3)4/h15,17-19,27,32-33,38H,11-14,16,20-26,28-30H2,1-10H3,(H,50,54)(H,51,56);10,12-14,20,25-26,31,45H,6-9,11,15-19,21-23H2,1-5H3,(H,42,47)(H,43,49)/b17-15-;12-10-/t32-,33-,38+,47-,48-;25-,26-,31+,39-,40-/m11/s1. The second-order valence-corrected chi connectivity index (χ2v) is 48.4. The van der Waals surface area contributed by atoms with E-state index < -0.39 is 143 Å². The van der Waals surface area contributed by atoms with Crippen LogP contribution in [0.15, 0.2) is 60.7 Å². The predicted octanol–water partition coefficient (Wildman–Crippen LogP) is 12.0. The lowest BCUT2D eigenvalue weighted by molar-refractivity contribution is -0.159. The zero-order valence-corrected chi connectivity index (χ0v) is 74.1. The number of pyridine rings is 2. The lowest BCUT2D eigenvalue weighted by Gasteiger charge is -2.37. The van der Waals surface area contributed by atoms with Crippen molar-refractivity contribution in [2.45, 2.75) is 317 Å². The topological polar surface area (TPSA) is 361 Å². The van der Waals surface area contributed by atoms with Crippen molar-refractivity contribution in [1.29, 1.82) is 0 Å². The van der Waals surface area contributed by atoms with Crippen LogP contribution in [0, 0.1) is 37.5 Å². The lowest BCUT2D eigenvalue weighted by Crippen LogP contribution is -2.57. The molecule has 2 spiro atoms. The van der Waals surface area contributed by atoms with Gasteiger partial charge in [-0.3, -0.25) is 47.8 Å². The van der Waals surface area contributed by atoms with Crippen molar-refractivity contribution < 1.29 is 88.4 Å². The summed E-state index contributed by atoms with van der Waals surface area (Å²) < 4.78 is 93.2. The zero-order valence-electron chi connectivity index (χ0n) is 71.4. The number of phenols is 1. The molecule has 10 aliphatic rings. The Morgan fingerprint density at radius 3 is 1.42 bits per heavy atom. The normalized spacial score (nSPS) is 28.8. The highest BCUT2D eigenvalue weighted by atomic mass is 32.2. The average Bonchev–Trinajstić information content (AvgIpc) is 1.55. The summed E-state index contributed by atoms with van der Waals surface area (Å²) in [5, 5.41) is 18.0. The first-order chi connectivity index (χ1) is 55.1. The van der Waals surface area contributed by atoms with Gasteiger partial charge in [-0.05, 0) is 227 Å². The van der Waals surface area contributed by atoms with Crippen LogP contribution in [0.1, 0.15) is 240 Å². The van der Waals surface area contributed by atoms with E-state index in [0.29, 0.717) is 132 Å². The number of nitrogens with zero attached hydrogens (tertiary/aromatic N) is 4. The van der Waals surface area contributed by atoms with Crippen molar-refractivity contribution >= 4 is 97.6 Å². The molecule has 14 rings (SSSR count). The second-order valence-electron chi connectivity index (χ2n) is 39.2. The van der Waals surface area contributed by atoms with Gasteiger partial charge < -0.3 is 53.7 Å². The molecule has 644 valence electrons. The molecule has 10 atom stereocenters. The van der Waals surface area contributed by atoms with Gasteiger partial charge in [-0.1, -0.05) is 70.8 Å². The second kappa shape index (κ2) is 32.3. The molecule has 6 amide bonds. The number of carbonyl (C=O) groups excluding carboxylic acids is 8. The molecule has 4 aromatic rings. The lowest BCUT2D eigenvalue weighted by atomic mass is 9.87. The fourth-order valence-electron chi connectivity index (χ4n) is 17.5. The molecule has 118 heavy (non-hydrogen) atoms. The van der Waals surface area contributed by atoms with Crippen LogP contribution in [0.5, 0.6) is 23.0 Å². The largest absolute Gasteiger partial charge is 0.508 e. The Morgan fingerprint density at radius 1 is 0.585 bits per heavy atom. The summed E-state index contributed by atoms with van der Waals surface area (Å²) in [4.78, 5) is 126. The minimum absolute atomic E-state index is 0.0565. The SMILES string of the molecule is Cc1nc2ccc(O)cc2c2c1O[C@]1(CC2)C[C@H]2C(=O)N[C@]3(C(=O)NS(=O)(=O)C4(C)CC4)C[C@H]3/C=C\CCCCC[C@H](CC(=O)OC(C)(C)C)C(=O)N2C1.Cc1nc2ccc(OCCO[Si](C)(C)C(C)(C)C)cc2c2c1O[C@]1(CC2)C[C@H]2C(=O)N[C@]3(C(=O)NS(=O)(=O)C4(C)CC4)C[C@H]3/C=C\CCCCC[C@H](CC(=O)OC(C)(C)C)C(=O)N2C1. The molecule has 8 heterocycles. The summed E-state index contributed by atoms with van der Waals surface area (Å²) in [6.45, 7) is 29.7. The van der Waals surface area contributed by atoms with Crippen LogP contribution in [-0.4, -0.2) is 179 Å². The molecule has 0 unspecified atom stereocenters. The van der Waals surface area contributed by atoms with E-state index in [2.05, 4.69) is 53.9 Å². The van der Waals surface area contributed by atoms with Gasteiger partial charge in [-0.15, -0.1) is 0 Å². The molecule has 5 N–H and O–H groups in total. The Kier molecular flexibility index (Phi) is 24.0. The summed E-state index contributed by atoms with van der Waals surface area (Å²) in [5.74, 6) is -4.86. The Balaban J connectivity index is 0.000000207. The fraction of sp³-hybridized carbons (Fsp3) is 0.659. The van der Waals surface area contributed by atoms with Gasteiger partial charge in [0.05, 0.1) is 64.5 Å². The number of esters is 2. The number of allylic oxidation sites excluding steroid dienone is 2. The summed E-state index contributed by atoms with van der Waals surface area (Å²) in [5.41, 5.74) is -1.82. The number of benzene rings is 2. The van der Waals surface area contributed by atoms with Crippen LogP contribution >= 0.6 is 0 Å². The molecule has 0 bridgehead atoms. The van der Waals surface area contributed by atoms with Crippen LogP contribution < -0.4 is 34.3 Å². The Hall–Kier alpha value is -8.22. The summed E-state index contributed by atoms with van der Waals surface area (Å²) >= 11 is 0. The molecule has 2 saturated heterocycles. The van der Waals surface area contributed by atoms with E-state index in [1.807, 2.05) is 56.4 Å². The number of aromatic nitrogens is 2. The van der Waals surface area contributed by atoms with E-state index in [9.17, 15) is 60.3 Å². The van der Waals surface area contributed by atoms with Gasteiger partial charge in [0.2, 0.25) is 43.7 Å². The fourth-order valence-corrected chi connectivity index (χ4v) is 21.2. The number of aryl methyl sites for hydroxylation is 4. The van der Waals surface area contributed by atoms with Gasteiger partial charge in [0.25, 0.3) is 11.8 Å². The summed E-state index contributed by atoms with van der Waals surface area (Å²) in [6.07, 6.45) is 18.8. The number of carbonyl (C=O) groups is 8. The van der Waals surface area contributed by atoms with Crippen LogP contribution in [0.3, 0.4) is 0 Å². The molecule has 0 radical (unpaired) electrons. The maximum absolute atomic E-state index is 15.0. The van der Waals surface area contributed by atoms with Crippen LogP contribution in [0.25, 0.3) is 21.8 Å². The number of aromatic hydroxyl groups is 1. The molecule has 6 fully saturated rings. The number of nitrogens with one attached hydrogen (secondary N) is 4. The van der Waals surface area contributed by atoms with E-state index in [0.717, 1.165) is 58.6 Å². The molecule has 27 nitrogen and oxygen atoms in total. The third-order valence-electron chi connectivity index (χ3n) is 26.4. The number of amides is 6. The van der Waals surface area contributed by atoms with Crippen molar-refractivity contribution in [1.82, 2.24) is 39.8 Å². The number of ether oxygens (including phenoxy) is 5. The molecule has 30 heteroatoms. The zero-order chi connectivity index (χ0) is 85.5. The quantitative estimate of drug-likeness (QED) is 0.0319. The highest BCUT2D eigenvalue weighted by Gasteiger charge is 2.66. The molecule has 2 aromatic carbocycles. The minimum atomic E-state index is -4.00. The minimum Gasteiger partial charge on any atom is -0.508 e. The highest BCUT2D eigenvalue weighted by Crippen LogP contribution is 2.53. The van der Waals surface area contributed by atoms with E-state index >= 15 is 0 Å². The molecular formula is C88H122N8O19S2Si. The first kappa shape index (κ1) is 87.6. The molecule has 2 aromatic heterocycles. The van der Waals surface area contributed by atoms with Gasteiger partial charge in [0, 0.05) is 58.4 Å². The van der Waals surface area contributed by atoms with Crippen molar-refractivity contribution in [3.05, 3.63) is 83.2 Å². The number of sulfonamides is 2. The Labute approximate surface area is 695 Å². The average molecular weight is 1690 g/mol. The number of hydrogen-bond donors (Lipinski definition) is 5. The smallest absolute Gasteiger partial charge is 0.307 e. The molecular weight excluding hydrogens is 1570 g/mol. The van der Waals surface area contributed by atoms with Gasteiger partial charge >= 0.3 is 11.9 Å². The highest BCUT2D eigenvalue weighted by molar-refractivity contribution is 7.92. The Bertz CT molecular complexity index is 4960. The van der Waals surface area contributed by atoms with Crippen LogP contribution in [0.4, 0.5) is 0 Å². The Morgan fingerprint density at radius 2 is 1.01 bits per heavy atom. The van der Waals surface area contributed by atoms with Crippen molar-refractivity contribution in [3.8, 4) is 23.0 Å². The van der Waals surface area contributed by atoms with Crippen molar-refractivity contribution in [2.75, 3.05) is 26.3 Å². The molecule has 6 aliphatic heterocycles.